The Morgan fingerprint density at radius 2 is 2.06 bits per heavy atom. The van der Waals surface area contributed by atoms with E-state index in [-0.39, 0.29) is 0 Å². The van der Waals surface area contributed by atoms with E-state index < -0.39 is 0 Å². The summed E-state index contributed by atoms with van der Waals surface area (Å²) in [7, 11) is 0. The molecule has 0 spiro atoms. The summed E-state index contributed by atoms with van der Waals surface area (Å²) in [5.41, 5.74) is 10.1. The summed E-state index contributed by atoms with van der Waals surface area (Å²) in [6.45, 7) is 6.25. The molecule has 2 aromatic heterocycles. The Bertz CT molecular complexity index is 496. The fourth-order valence-electron chi connectivity index (χ4n) is 1.96. The van der Waals surface area contributed by atoms with Crippen molar-refractivity contribution < 1.29 is 0 Å². The van der Waals surface area contributed by atoms with E-state index in [0.29, 0.717) is 5.82 Å². The number of hydrogen-bond donors (Lipinski definition) is 1. The summed E-state index contributed by atoms with van der Waals surface area (Å²) in [4.78, 5) is 4.08. The average Bonchev–Trinajstić information content (AvgIpc) is 2.55. The first-order chi connectivity index (χ1) is 7.63. The molecule has 0 saturated carbocycles. The smallest absolute Gasteiger partial charge is 0.123 e. The molecule has 0 saturated heterocycles. The van der Waals surface area contributed by atoms with Crippen LogP contribution < -0.4 is 5.73 Å². The molecule has 0 aliphatic rings. The molecule has 0 atom stereocenters. The predicted molar refractivity (Wildman–Crippen MR) is 64.6 cm³/mol. The lowest BCUT2D eigenvalue weighted by molar-refractivity contribution is 0.828. The third kappa shape index (κ3) is 1.66. The molecule has 84 valence electrons. The second kappa shape index (κ2) is 3.96. The number of nitrogens with zero attached hydrogens (tertiary/aromatic N) is 3. The first-order valence-corrected chi connectivity index (χ1v) is 5.40. The summed E-state index contributed by atoms with van der Waals surface area (Å²) in [6, 6.07) is 3.72. The summed E-state index contributed by atoms with van der Waals surface area (Å²) < 4.78 is 1.92. The van der Waals surface area contributed by atoms with Crippen LogP contribution in [0.3, 0.4) is 0 Å². The quantitative estimate of drug-likeness (QED) is 0.835. The summed E-state index contributed by atoms with van der Waals surface area (Å²) in [5.74, 6) is 0.529. The van der Waals surface area contributed by atoms with Crippen molar-refractivity contribution in [3.63, 3.8) is 0 Å². The van der Waals surface area contributed by atoms with Crippen LogP contribution in [-0.4, -0.2) is 14.8 Å². The van der Waals surface area contributed by atoms with Gasteiger partial charge < -0.3 is 5.73 Å². The van der Waals surface area contributed by atoms with Crippen molar-refractivity contribution in [1.29, 1.82) is 0 Å². The van der Waals surface area contributed by atoms with Crippen LogP contribution in [0.4, 0.5) is 5.82 Å². The van der Waals surface area contributed by atoms with Crippen molar-refractivity contribution in [3.8, 4) is 5.69 Å². The highest BCUT2D eigenvalue weighted by atomic mass is 15.3. The van der Waals surface area contributed by atoms with Gasteiger partial charge in [0.2, 0.25) is 0 Å². The van der Waals surface area contributed by atoms with E-state index in [0.717, 1.165) is 17.8 Å². The third-order valence-electron chi connectivity index (χ3n) is 2.81. The molecule has 0 aromatic carbocycles. The topological polar surface area (TPSA) is 56.7 Å². The molecule has 0 aliphatic heterocycles. The molecule has 0 fully saturated rings. The number of anilines is 1. The highest BCUT2D eigenvalue weighted by molar-refractivity contribution is 5.39. The van der Waals surface area contributed by atoms with Gasteiger partial charge in [0, 0.05) is 5.69 Å². The summed E-state index contributed by atoms with van der Waals surface area (Å²) >= 11 is 0. The Kier molecular flexibility index (Phi) is 2.64. The van der Waals surface area contributed by atoms with Gasteiger partial charge in [-0.3, -0.25) is 0 Å². The molecule has 0 radical (unpaired) electrons. The molecule has 4 heteroatoms. The molecule has 16 heavy (non-hydrogen) atoms. The van der Waals surface area contributed by atoms with E-state index in [1.54, 1.807) is 12.3 Å². The van der Waals surface area contributed by atoms with Crippen LogP contribution in [0.25, 0.3) is 5.69 Å². The number of aryl methyl sites for hydroxylation is 1. The summed E-state index contributed by atoms with van der Waals surface area (Å²) in [5, 5.41) is 4.52. The molecular weight excluding hydrogens is 200 g/mol. The van der Waals surface area contributed by atoms with Gasteiger partial charge in [-0.2, -0.15) is 5.10 Å². The van der Waals surface area contributed by atoms with Crippen molar-refractivity contribution in [2.24, 2.45) is 0 Å². The molecule has 2 N–H and O–H groups in total. The lowest BCUT2D eigenvalue weighted by Crippen LogP contribution is -2.01. The van der Waals surface area contributed by atoms with E-state index in [1.165, 1.54) is 11.3 Å². The zero-order valence-electron chi connectivity index (χ0n) is 9.86. The SMILES string of the molecule is CCc1c(C)nn(-c2ccc(N)nc2)c1C. The molecule has 2 aromatic rings. The monoisotopic (exact) mass is 216 g/mol. The van der Waals surface area contributed by atoms with Crippen LogP contribution in [-0.2, 0) is 6.42 Å². The molecule has 0 aliphatic carbocycles. The number of aromatic nitrogens is 3. The van der Waals surface area contributed by atoms with Crippen LogP contribution in [0.1, 0.15) is 23.9 Å². The Morgan fingerprint density at radius 1 is 1.31 bits per heavy atom. The van der Waals surface area contributed by atoms with E-state index in [4.69, 9.17) is 5.73 Å². The first kappa shape index (κ1) is 10.7. The Labute approximate surface area is 95.1 Å². The van der Waals surface area contributed by atoms with Crippen molar-refractivity contribution in [2.75, 3.05) is 5.73 Å². The Morgan fingerprint density at radius 3 is 2.56 bits per heavy atom. The minimum absolute atomic E-state index is 0.529. The van der Waals surface area contributed by atoms with E-state index in [9.17, 15) is 0 Å². The standard InChI is InChI=1S/C12H16N4/c1-4-11-8(2)15-16(9(11)3)10-5-6-12(13)14-7-10/h5-7H,4H2,1-3H3,(H2,13,14). The number of pyridine rings is 1. The van der Waals surface area contributed by atoms with Gasteiger partial charge in [0.25, 0.3) is 0 Å². The highest BCUT2D eigenvalue weighted by Gasteiger charge is 2.10. The van der Waals surface area contributed by atoms with Gasteiger partial charge in [-0.15, -0.1) is 0 Å². The second-order valence-corrected chi connectivity index (χ2v) is 3.86. The van der Waals surface area contributed by atoms with Gasteiger partial charge in [0.1, 0.15) is 5.82 Å². The van der Waals surface area contributed by atoms with Gasteiger partial charge in [0.15, 0.2) is 0 Å². The van der Waals surface area contributed by atoms with Crippen molar-refractivity contribution >= 4 is 5.82 Å². The number of hydrogen-bond acceptors (Lipinski definition) is 3. The van der Waals surface area contributed by atoms with Crippen LogP contribution >= 0.6 is 0 Å². The van der Waals surface area contributed by atoms with Gasteiger partial charge >= 0.3 is 0 Å². The fraction of sp³-hybridized carbons (Fsp3) is 0.333. The zero-order chi connectivity index (χ0) is 11.7. The molecule has 0 unspecified atom stereocenters. The average molecular weight is 216 g/mol. The van der Waals surface area contributed by atoms with Crippen LogP contribution in [0.15, 0.2) is 18.3 Å². The minimum Gasteiger partial charge on any atom is -0.384 e. The van der Waals surface area contributed by atoms with Crippen molar-refractivity contribution in [2.45, 2.75) is 27.2 Å². The summed E-state index contributed by atoms with van der Waals surface area (Å²) in [6.07, 6.45) is 2.74. The largest absolute Gasteiger partial charge is 0.384 e. The fourth-order valence-corrected chi connectivity index (χ4v) is 1.96. The molecule has 2 rings (SSSR count). The zero-order valence-corrected chi connectivity index (χ0v) is 9.86. The predicted octanol–water partition coefficient (Wildman–Crippen LogP) is 2.03. The maximum atomic E-state index is 5.56. The van der Waals surface area contributed by atoms with Gasteiger partial charge in [-0.1, -0.05) is 6.92 Å². The van der Waals surface area contributed by atoms with E-state index in [2.05, 4.69) is 23.9 Å². The second-order valence-electron chi connectivity index (χ2n) is 3.86. The lowest BCUT2D eigenvalue weighted by atomic mass is 10.1. The Balaban J connectivity index is 2.52. The Hall–Kier alpha value is -1.84. The molecular formula is C12H16N4. The normalized spacial score (nSPS) is 10.7. The first-order valence-electron chi connectivity index (χ1n) is 5.40. The molecule has 4 nitrogen and oxygen atoms in total. The number of nitrogens with two attached hydrogens (primary N) is 1. The van der Waals surface area contributed by atoms with Crippen LogP contribution in [0.2, 0.25) is 0 Å². The maximum Gasteiger partial charge on any atom is 0.123 e. The van der Waals surface area contributed by atoms with Crippen molar-refractivity contribution in [1.82, 2.24) is 14.8 Å². The maximum absolute atomic E-state index is 5.56. The van der Waals surface area contributed by atoms with Gasteiger partial charge in [-0.05, 0) is 38.0 Å². The molecule has 2 heterocycles. The highest BCUT2D eigenvalue weighted by Crippen LogP contribution is 2.17. The van der Waals surface area contributed by atoms with Crippen LogP contribution in [0, 0.1) is 13.8 Å². The minimum atomic E-state index is 0.529. The van der Waals surface area contributed by atoms with Gasteiger partial charge in [0.05, 0.1) is 17.6 Å². The molecule has 0 amide bonds. The number of rotatable bonds is 2. The van der Waals surface area contributed by atoms with Crippen molar-refractivity contribution in [3.05, 3.63) is 35.3 Å². The number of nitrogen functional groups attached to an aromatic ring is 1. The lowest BCUT2D eigenvalue weighted by Gasteiger charge is -2.04. The van der Waals surface area contributed by atoms with Crippen LogP contribution in [0.5, 0.6) is 0 Å². The van der Waals surface area contributed by atoms with E-state index >= 15 is 0 Å². The van der Waals surface area contributed by atoms with E-state index in [1.807, 2.05) is 17.7 Å². The third-order valence-corrected chi connectivity index (χ3v) is 2.81. The van der Waals surface area contributed by atoms with Gasteiger partial charge in [-0.25, -0.2) is 9.67 Å². The molecule has 0 bridgehead atoms.